The number of aryl methyl sites for hydroxylation is 3. The molecule has 0 radical (unpaired) electrons. The van der Waals surface area contributed by atoms with E-state index in [4.69, 9.17) is 5.73 Å². The number of nitrogen functional groups attached to an aromatic ring is 1. The minimum atomic E-state index is 0.484. The Morgan fingerprint density at radius 3 is 2.08 bits per heavy atom. The molecule has 0 fully saturated rings. The van der Waals surface area contributed by atoms with Gasteiger partial charge in [-0.1, -0.05) is 18.2 Å². The fourth-order valence-electron chi connectivity index (χ4n) is 2.41. The lowest BCUT2D eigenvalue weighted by atomic mass is 10.1. The topological polar surface area (TPSA) is 75.9 Å². The Balaban J connectivity index is 1.86. The normalized spacial score (nSPS) is 10.5. The van der Waals surface area contributed by atoms with E-state index in [-0.39, 0.29) is 0 Å². The van der Waals surface area contributed by atoms with E-state index in [0.29, 0.717) is 17.3 Å². The van der Waals surface area contributed by atoms with Gasteiger partial charge in [-0.05, 0) is 61.7 Å². The van der Waals surface area contributed by atoms with Crippen LogP contribution in [0, 0.1) is 20.8 Å². The second-order valence-corrected chi connectivity index (χ2v) is 5.90. The third-order valence-electron chi connectivity index (χ3n) is 3.93. The van der Waals surface area contributed by atoms with Crippen molar-refractivity contribution < 1.29 is 0 Å². The highest BCUT2D eigenvalue weighted by Crippen LogP contribution is 2.28. The zero-order valence-corrected chi connectivity index (χ0v) is 14.1. The Labute approximate surface area is 142 Å². The van der Waals surface area contributed by atoms with E-state index >= 15 is 0 Å². The third-order valence-corrected chi connectivity index (χ3v) is 3.93. The van der Waals surface area contributed by atoms with Crippen molar-refractivity contribution in [2.45, 2.75) is 20.8 Å². The molecule has 3 aromatic rings. The number of hydrogen-bond acceptors (Lipinski definition) is 5. The van der Waals surface area contributed by atoms with Crippen LogP contribution in [0.5, 0.6) is 0 Å². The highest BCUT2D eigenvalue weighted by Gasteiger charge is 2.09. The molecule has 0 aliphatic rings. The summed E-state index contributed by atoms with van der Waals surface area (Å²) in [4.78, 5) is 8.51. The number of nitrogens with one attached hydrogen (secondary N) is 2. The molecule has 0 aliphatic carbocycles. The summed E-state index contributed by atoms with van der Waals surface area (Å²) in [7, 11) is 0. The van der Waals surface area contributed by atoms with Crippen LogP contribution in [0.4, 0.5) is 28.7 Å². The molecule has 4 N–H and O–H groups in total. The summed E-state index contributed by atoms with van der Waals surface area (Å²) in [5.74, 6) is 1.17. The van der Waals surface area contributed by atoms with Gasteiger partial charge in [-0.2, -0.15) is 0 Å². The maximum absolute atomic E-state index is 6.24. The van der Waals surface area contributed by atoms with Crippen molar-refractivity contribution in [3.8, 4) is 0 Å². The molecular weight excluding hydrogens is 298 g/mol. The van der Waals surface area contributed by atoms with Crippen LogP contribution in [0.25, 0.3) is 0 Å². The van der Waals surface area contributed by atoms with Crippen molar-refractivity contribution >= 4 is 28.7 Å². The molecule has 24 heavy (non-hydrogen) atoms. The van der Waals surface area contributed by atoms with Crippen molar-refractivity contribution in [3.05, 3.63) is 65.5 Å². The maximum Gasteiger partial charge on any atom is 0.159 e. The van der Waals surface area contributed by atoms with E-state index in [1.54, 1.807) is 0 Å². The predicted molar refractivity (Wildman–Crippen MR) is 100 cm³/mol. The van der Waals surface area contributed by atoms with E-state index in [0.717, 1.165) is 11.4 Å². The molecule has 0 unspecified atom stereocenters. The largest absolute Gasteiger partial charge is 0.393 e. The Hall–Kier alpha value is -3.08. The van der Waals surface area contributed by atoms with Crippen LogP contribution in [-0.4, -0.2) is 9.97 Å². The van der Waals surface area contributed by atoms with Crippen LogP contribution >= 0.6 is 0 Å². The first-order valence-corrected chi connectivity index (χ1v) is 7.81. The summed E-state index contributed by atoms with van der Waals surface area (Å²) in [6.45, 7) is 6.21. The highest BCUT2D eigenvalue weighted by atomic mass is 15.1. The van der Waals surface area contributed by atoms with E-state index in [2.05, 4.69) is 46.6 Å². The summed E-state index contributed by atoms with van der Waals surface area (Å²) >= 11 is 0. The van der Waals surface area contributed by atoms with Crippen molar-refractivity contribution in [2.24, 2.45) is 0 Å². The maximum atomic E-state index is 6.24. The quantitative estimate of drug-likeness (QED) is 0.661. The lowest BCUT2D eigenvalue weighted by Gasteiger charge is -2.13. The van der Waals surface area contributed by atoms with Crippen LogP contribution in [0.2, 0.25) is 0 Å². The Morgan fingerprint density at radius 2 is 1.46 bits per heavy atom. The minimum absolute atomic E-state index is 0.484. The average molecular weight is 319 g/mol. The zero-order valence-electron chi connectivity index (χ0n) is 14.1. The number of benzene rings is 2. The van der Waals surface area contributed by atoms with Gasteiger partial charge >= 0.3 is 0 Å². The number of hydrogen-bond donors (Lipinski definition) is 3. The number of nitrogens with zero attached hydrogens (tertiary/aromatic N) is 2. The molecule has 1 heterocycles. The zero-order chi connectivity index (χ0) is 17.1. The molecule has 0 bridgehead atoms. The first-order valence-electron chi connectivity index (χ1n) is 7.81. The van der Waals surface area contributed by atoms with E-state index in [9.17, 15) is 0 Å². The molecule has 0 amide bonds. The van der Waals surface area contributed by atoms with Crippen LogP contribution in [0.1, 0.15) is 16.7 Å². The van der Waals surface area contributed by atoms with E-state index in [1.165, 1.54) is 23.0 Å². The first-order chi connectivity index (χ1) is 11.5. The number of nitrogens with two attached hydrogens (primary N) is 1. The Kier molecular flexibility index (Phi) is 4.33. The van der Waals surface area contributed by atoms with Crippen molar-refractivity contribution in [3.63, 3.8) is 0 Å². The van der Waals surface area contributed by atoms with Crippen LogP contribution in [0.15, 0.2) is 48.8 Å². The molecule has 1 aromatic heterocycles. The van der Waals surface area contributed by atoms with Gasteiger partial charge in [0.15, 0.2) is 11.6 Å². The summed E-state index contributed by atoms with van der Waals surface area (Å²) in [5, 5.41) is 6.51. The first kappa shape index (κ1) is 15.8. The molecule has 0 saturated carbocycles. The smallest absolute Gasteiger partial charge is 0.159 e. The lowest BCUT2D eigenvalue weighted by Crippen LogP contribution is -2.05. The Bertz CT molecular complexity index is 873. The summed E-state index contributed by atoms with van der Waals surface area (Å²) in [5.41, 5.74) is 12.2. The average Bonchev–Trinajstić information content (AvgIpc) is 2.55. The SMILES string of the molecule is Cc1cccc(Nc2ncnc(Nc3ccc(C)c(C)c3)c2N)c1. The molecule has 0 saturated heterocycles. The minimum Gasteiger partial charge on any atom is -0.393 e. The standard InChI is InChI=1S/C19H21N5/c1-12-5-4-6-15(9-12)23-18-17(20)19(22-11-21-18)24-16-8-7-13(2)14(3)10-16/h4-11H,20H2,1-3H3,(H2,21,22,23,24). The predicted octanol–water partition coefficient (Wildman–Crippen LogP) is 4.47. The van der Waals surface area contributed by atoms with Gasteiger partial charge in [-0.3, -0.25) is 0 Å². The molecule has 122 valence electrons. The number of aromatic nitrogens is 2. The van der Waals surface area contributed by atoms with Crippen molar-refractivity contribution in [2.75, 3.05) is 16.4 Å². The monoisotopic (exact) mass is 319 g/mol. The molecular formula is C19H21N5. The van der Waals surface area contributed by atoms with Crippen molar-refractivity contribution in [1.29, 1.82) is 0 Å². The van der Waals surface area contributed by atoms with Crippen LogP contribution < -0.4 is 16.4 Å². The van der Waals surface area contributed by atoms with Crippen LogP contribution in [-0.2, 0) is 0 Å². The highest BCUT2D eigenvalue weighted by molar-refractivity contribution is 5.80. The molecule has 0 atom stereocenters. The fourth-order valence-corrected chi connectivity index (χ4v) is 2.41. The third kappa shape index (κ3) is 3.46. The Morgan fingerprint density at radius 1 is 0.792 bits per heavy atom. The van der Waals surface area contributed by atoms with Gasteiger partial charge in [-0.15, -0.1) is 0 Å². The second-order valence-electron chi connectivity index (χ2n) is 5.90. The molecule has 5 heteroatoms. The van der Waals surface area contributed by atoms with Gasteiger partial charge in [0.2, 0.25) is 0 Å². The van der Waals surface area contributed by atoms with Gasteiger partial charge in [0.1, 0.15) is 12.0 Å². The van der Waals surface area contributed by atoms with E-state index in [1.807, 2.05) is 37.3 Å². The molecule has 5 nitrogen and oxygen atoms in total. The van der Waals surface area contributed by atoms with Gasteiger partial charge in [0.25, 0.3) is 0 Å². The fraction of sp³-hybridized carbons (Fsp3) is 0.158. The van der Waals surface area contributed by atoms with Gasteiger partial charge in [0, 0.05) is 11.4 Å². The number of rotatable bonds is 4. The second kappa shape index (κ2) is 6.58. The van der Waals surface area contributed by atoms with Gasteiger partial charge < -0.3 is 16.4 Å². The summed E-state index contributed by atoms with van der Waals surface area (Å²) < 4.78 is 0. The van der Waals surface area contributed by atoms with E-state index < -0.39 is 0 Å². The van der Waals surface area contributed by atoms with Crippen molar-refractivity contribution in [1.82, 2.24) is 9.97 Å². The summed E-state index contributed by atoms with van der Waals surface area (Å²) in [6, 6.07) is 14.2. The van der Waals surface area contributed by atoms with Gasteiger partial charge in [0.05, 0.1) is 0 Å². The molecule has 2 aromatic carbocycles. The van der Waals surface area contributed by atoms with Gasteiger partial charge in [-0.25, -0.2) is 9.97 Å². The molecule has 0 spiro atoms. The lowest BCUT2D eigenvalue weighted by molar-refractivity contribution is 1.17. The molecule has 3 rings (SSSR count). The molecule has 0 aliphatic heterocycles. The summed E-state index contributed by atoms with van der Waals surface area (Å²) in [6.07, 6.45) is 1.50. The van der Waals surface area contributed by atoms with Crippen LogP contribution in [0.3, 0.4) is 0 Å². The number of anilines is 5.